The molecule has 0 atom stereocenters. The van der Waals surface area contributed by atoms with Gasteiger partial charge in [-0.2, -0.15) is 0 Å². The van der Waals surface area contributed by atoms with Gasteiger partial charge >= 0.3 is 0 Å². The molecule has 2 N–H and O–H groups in total. The van der Waals surface area contributed by atoms with E-state index < -0.39 is 0 Å². The molecule has 8 heteroatoms. The van der Waals surface area contributed by atoms with Gasteiger partial charge in [0, 0.05) is 45.8 Å². The van der Waals surface area contributed by atoms with Gasteiger partial charge in [0.25, 0.3) is 5.91 Å². The van der Waals surface area contributed by atoms with Crippen molar-refractivity contribution < 1.29 is 14.0 Å². The van der Waals surface area contributed by atoms with Crippen LogP contribution in [0.5, 0.6) is 0 Å². The predicted octanol–water partition coefficient (Wildman–Crippen LogP) is 1.49. The van der Waals surface area contributed by atoms with E-state index in [0.717, 1.165) is 13.0 Å². The first-order chi connectivity index (χ1) is 13.7. The second-order valence-electron chi connectivity index (χ2n) is 6.95. The molecule has 0 aliphatic carbocycles. The quantitative estimate of drug-likeness (QED) is 0.699. The van der Waals surface area contributed by atoms with Crippen LogP contribution >= 0.6 is 12.4 Å². The van der Waals surface area contributed by atoms with Crippen molar-refractivity contribution in [3.63, 3.8) is 0 Å². The fourth-order valence-corrected chi connectivity index (χ4v) is 3.39. The Labute approximate surface area is 177 Å². The predicted molar refractivity (Wildman–Crippen MR) is 114 cm³/mol. The zero-order valence-electron chi connectivity index (χ0n) is 16.5. The molecule has 2 aromatic rings. The molecule has 158 valence electrons. The van der Waals surface area contributed by atoms with Crippen LogP contribution in [-0.4, -0.2) is 78.9 Å². The fourth-order valence-electron chi connectivity index (χ4n) is 3.39. The lowest BCUT2D eigenvalue weighted by Crippen LogP contribution is -2.53. The number of carbonyl (C=O) groups is 2. The third-order valence-corrected chi connectivity index (χ3v) is 5.02. The second-order valence-corrected chi connectivity index (χ2v) is 6.95. The molecule has 2 heterocycles. The first-order valence-corrected chi connectivity index (χ1v) is 9.74. The van der Waals surface area contributed by atoms with Gasteiger partial charge in [0.1, 0.15) is 0 Å². The number of carbonyl (C=O) groups excluding carboxylic acids is 2. The van der Waals surface area contributed by atoms with E-state index in [-0.39, 0.29) is 24.2 Å². The minimum absolute atomic E-state index is 0. The van der Waals surface area contributed by atoms with Crippen LogP contribution in [0, 0.1) is 0 Å². The highest BCUT2D eigenvalue weighted by molar-refractivity contribution is 5.91. The van der Waals surface area contributed by atoms with Gasteiger partial charge in [-0.25, -0.2) is 0 Å². The van der Waals surface area contributed by atoms with E-state index in [1.165, 1.54) is 11.8 Å². The topological polar surface area (TPSA) is 83.0 Å². The summed E-state index contributed by atoms with van der Waals surface area (Å²) in [4.78, 5) is 30.7. The van der Waals surface area contributed by atoms with Gasteiger partial charge in [-0.15, -0.1) is 12.4 Å². The Hall–Kier alpha value is -2.35. The molecular weight excluding hydrogens is 392 g/mol. The number of rotatable bonds is 8. The Morgan fingerprint density at radius 3 is 2.28 bits per heavy atom. The third kappa shape index (κ3) is 6.59. The second kappa shape index (κ2) is 11.6. The number of halogens is 1. The number of hydrogen-bond acceptors (Lipinski definition) is 5. The first-order valence-electron chi connectivity index (χ1n) is 9.74. The van der Waals surface area contributed by atoms with Crippen molar-refractivity contribution in [1.82, 2.24) is 14.7 Å². The highest BCUT2D eigenvalue weighted by Gasteiger charge is 2.26. The number of nitrogens with two attached hydrogens (primary N) is 1. The van der Waals surface area contributed by atoms with Crippen LogP contribution < -0.4 is 5.73 Å². The van der Waals surface area contributed by atoms with Gasteiger partial charge in [-0.05, 0) is 24.1 Å². The molecule has 1 aliphatic rings. The normalized spacial score (nSPS) is 14.0. The Morgan fingerprint density at radius 1 is 0.966 bits per heavy atom. The van der Waals surface area contributed by atoms with Crippen molar-refractivity contribution in [2.24, 2.45) is 5.73 Å². The lowest BCUT2D eigenvalue weighted by atomic mass is 10.1. The van der Waals surface area contributed by atoms with Crippen LogP contribution in [0.3, 0.4) is 0 Å². The van der Waals surface area contributed by atoms with Gasteiger partial charge in [-0.1, -0.05) is 30.3 Å². The molecule has 0 spiro atoms. The maximum Gasteiger partial charge on any atom is 0.289 e. The minimum atomic E-state index is -0.121. The van der Waals surface area contributed by atoms with Crippen LogP contribution in [0.2, 0.25) is 0 Å². The molecule has 1 saturated heterocycles. The van der Waals surface area contributed by atoms with Crippen LogP contribution in [0.1, 0.15) is 16.1 Å². The Balaban J connectivity index is 0.00000300. The molecular formula is C21H29ClN4O3. The minimum Gasteiger partial charge on any atom is -0.459 e. The van der Waals surface area contributed by atoms with Crippen molar-refractivity contribution in [2.75, 3.05) is 52.4 Å². The van der Waals surface area contributed by atoms with E-state index in [0.29, 0.717) is 51.6 Å². The maximum absolute atomic E-state index is 12.7. The number of hydrogen-bond donors (Lipinski definition) is 1. The van der Waals surface area contributed by atoms with E-state index in [4.69, 9.17) is 10.2 Å². The number of furan rings is 1. The molecule has 2 amide bonds. The summed E-state index contributed by atoms with van der Waals surface area (Å²) in [6, 6.07) is 13.6. The lowest BCUT2D eigenvalue weighted by molar-refractivity contribution is -0.133. The lowest BCUT2D eigenvalue weighted by Gasteiger charge is -2.35. The van der Waals surface area contributed by atoms with Crippen molar-refractivity contribution in [3.05, 3.63) is 60.1 Å². The number of nitrogens with zero attached hydrogens (tertiary/aromatic N) is 3. The fraction of sp³-hybridized carbons (Fsp3) is 0.429. The van der Waals surface area contributed by atoms with Gasteiger partial charge in [-0.3, -0.25) is 14.5 Å². The standard InChI is InChI=1S/C21H28N4O3.ClH/c22-9-11-23(10-8-18-5-2-1-3-6-18)17-20(26)24-12-14-25(15-13-24)21(27)19-7-4-16-28-19;/h1-7,16H,8-15,17,22H2;1H. The molecule has 0 radical (unpaired) electrons. The van der Waals surface area contributed by atoms with Gasteiger partial charge in [0.05, 0.1) is 12.8 Å². The van der Waals surface area contributed by atoms with Crippen LogP contribution in [-0.2, 0) is 11.2 Å². The third-order valence-electron chi connectivity index (χ3n) is 5.02. The van der Waals surface area contributed by atoms with Crippen LogP contribution in [0.15, 0.2) is 53.1 Å². The van der Waals surface area contributed by atoms with E-state index in [9.17, 15) is 9.59 Å². The summed E-state index contributed by atoms with van der Waals surface area (Å²) < 4.78 is 5.18. The average Bonchev–Trinajstić information content (AvgIpc) is 3.27. The summed E-state index contributed by atoms with van der Waals surface area (Å²) in [7, 11) is 0. The summed E-state index contributed by atoms with van der Waals surface area (Å²) in [5, 5.41) is 0. The Morgan fingerprint density at radius 2 is 1.66 bits per heavy atom. The van der Waals surface area contributed by atoms with Gasteiger partial charge in [0.2, 0.25) is 5.91 Å². The summed E-state index contributed by atoms with van der Waals surface area (Å²) >= 11 is 0. The zero-order chi connectivity index (χ0) is 19.8. The summed E-state index contributed by atoms with van der Waals surface area (Å²) in [6.07, 6.45) is 2.38. The molecule has 1 aliphatic heterocycles. The number of piperazine rings is 1. The maximum atomic E-state index is 12.7. The molecule has 1 aromatic heterocycles. The Kier molecular flexibility index (Phi) is 9.18. The molecule has 0 saturated carbocycles. The monoisotopic (exact) mass is 420 g/mol. The molecule has 1 aromatic carbocycles. The van der Waals surface area contributed by atoms with Crippen LogP contribution in [0.4, 0.5) is 0 Å². The van der Waals surface area contributed by atoms with E-state index in [2.05, 4.69) is 17.0 Å². The summed E-state index contributed by atoms with van der Waals surface area (Å²) in [5.41, 5.74) is 6.98. The summed E-state index contributed by atoms with van der Waals surface area (Å²) in [5.74, 6) is 0.311. The first kappa shape index (κ1) is 22.9. The van der Waals surface area contributed by atoms with Crippen LogP contribution in [0.25, 0.3) is 0 Å². The number of amides is 2. The molecule has 0 unspecified atom stereocenters. The largest absolute Gasteiger partial charge is 0.459 e. The van der Waals surface area contributed by atoms with E-state index in [1.54, 1.807) is 17.0 Å². The molecule has 29 heavy (non-hydrogen) atoms. The van der Waals surface area contributed by atoms with Crippen molar-refractivity contribution in [2.45, 2.75) is 6.42 Å². The molecule has 0 bridgehead atoms. The van der Waals surface area contributed by atoms with Crippen molar-refractivity contribution >= 4 is 24.2 Å². The van der Waals surface area contributed by atoms with Gasteiger partial charge < -0.3 is 20.0 Å². The molecule has 1 fully saturated rings. The van der Waals surface area contributed by atoms with E-state index >= 15 is 0 Å². The van der Waals surface area contributed by atoms with Gasteiger partial charge in [0.15, 0.2) is 5.76 Å². The average molecular weight is 421 g/mol. The van der Waals surface area contributed by atoms with Crippen molar-refractivity contribution in [1.29, 1.82) is 0 Å². The zero-order valence-corrected chi connectivity index (χ0v) is 17.4. The Bertz CT molecular complexity index is 747. The molecule has 7 nitrogen and oxygen atoms in total. The number of benzene rings is 1. The highest BCUT2D eigenvalue weighted by Crippen LogP contribution is 2.10. The van der Waals surface area contributed by atoms with E-state index in [1.807, 2.05) is 23.1 Å². The van der Waals surface area contributed by atoms with Crippen molar-refractivity contribution in [3.8, 4) is 0 Å². The summed E-state index contributed by atoms with van der Waals surface area (Å²) in [6.45, 7) is 4.49. The highest BCUT2D eigenvalue weighted by atomic mass is 35.5. The smallest absolute Gasteiger partial charge is 0.289 e. The molecule has 3 rings (SSSR count). The SMILES string of the molecule is Cl.NCCN(CCc1ccccc1)CC(=O)N1CCN(C(=O)c2ccco2)CC1.